The fourth-order valence-electron chi connectivity index (χ4n) is 2.32. The highest BCUT2D eigenvalue weighted by Gasteiger charge is 2.26. The first-order valence-corrected chi connectivity index (χ1v) is 6.83. The average Bonchev–Trinajstić information content (AvgIpc) is 2.26. The molecule has 0 bridgehead atoms. The Kier molecular flexibility index (Phi) is 4.40. The summed E-state index contributed by atoms with van der Waals surface area (Å²) in [6.07, 6.45) is 2.30. The second-order valence-electron chi connectivity index (χ2n) is 4.89. The van der Waals surface area contributed by atoms with Gasteiger partial charge in [-0.2, -0.15) is 4.98 Å². The predicted octanol–water partition coefficient (Wildman–Crippen LogP) is 2.86. The van der Waals surface area contributed by atoms with E-state index in [9.17, 15) is 0 Å². The Hall–Kier alpha value is -0.870. The normalized spacial score (nSPS) is 28.1. The molecule has 1 fully saturated rings. The molecule has 0 aromatic carbocycles. The fraction of sp³-hybridized carbons (Fsp3) is 0.692. The van der Waals surface area contributed by atoms with E-state index in [1.165, 1.54) is 0 Å². The minimum absolute atomic E-state index is 0.119. The number of alkyl halides is 1. The topological polar surface area (TPSA) is 44.2 Å². The van der Waals surface area contributed by atoms with Crippen molar-refractivity contribution in [1.29, 1.82) is 0 Å². The highest BCUT2D eigenvalue weighted by molar-refractivity contribution is 6.16. The van der Waals surface area contributed by atoms with Crippen LogP contribution in [-0.2, 0) is 10.6 Å². The third-order valence-corrected chi connectivity index (χ3v) is 3.22. The Morgan fingerprint density at radius 3 is 2.61 bits per heavy atom. The van der Waals surface area contributed by atoms with Crippen LogP contribution in [0, 0.1) is 6.92 Å². The smallest absolute Gasteiger partial charge is 0.317 e. The summed E-state index contributed by atoms with van der Waals surface area (Å²) >= 11 is 5.79. The third kappa shape index (κ3) is 3.56. The van der Waals surface area contributed by atoms with Crippen molar-refractivity contribution in [3.05, 3.63) is 17.5 Å². The Balaban J connectivity index is 2.06. The Labute approximate surface area is 113 Å². The number of aromatic nitrogens is 2. The molecule has 1 aliphatic rings. The van der Waals surface area contributed by atoms with Gasteiger partial charge in [-0.1, -0.05) is 0 Å². The van der Waals surface area contributed by atoms with Gasteiger partial charge in [-0.15, -0.1) is 11.6 Å². The predicted molar refractivity (Wildman–Crippen MR) is 70.0 cm³/mol. The van der Waals surface area contributed by atoms with Gasteiger partial charge in [0.2, 0.25) is 0 Å². The maximum atomic E-state index is 5.86. The van der Waals surface area contributed by atoms with Crippen molar-refractivity contribution >= 4 is 11.6 Å². The molecule has 0 saturated carbocycles. The van der Waals surface area contributed by atoms with Crippen molar-refractivity contribution in [2.45, 2.75) is 57.8 Å². The Morgan fingerprint density at radius 2 is 2.00 bits per heavy atom. The molecule has 1 aliphatic heterocycles. The van der Waals surface area contributed by atoms with E-state index in [0.29, 0.717) is 11.9 Å². The van der Waals surface area contributed by atoms with Crippen LogP contribution in [0.5, 0.6) is 6.01 Å². The van der Waals surface area contributed by atoms with Crippen LogP contribution in [0.2, 0.25) is 0 Å². The van der Waals surface area contributed by atoms with Crippen LogP contribution in [0.25, 0.3) is 0 Å². The summed E-state index contributed by atoms with van der Waals surface area (Å²) in [4.78, 5) is 8.58. The molecule has 0 amide bonds. The highest BCUT2D eigenvalue weighted by atomic mass is 35.5. The first-order chi connectivity index (χ1) is 8.56. The van der Waals surface area contributed by atoms with Crippen molar-refractivity contribution in [2.24, 2.45) is 0 Å². The molecule has 0 spiro atoms. The molecule has 4 nitrogen and oxygen atoms in total. The van der Waals surface area contributed by atoms with Gasteiger partial charge in [-0.05, 0) is 26.8 Å². The number of aryl methyl sites for hydroxylation is 1. The van der Waals surface area contributed by atoms with Gasteiger partial charge in [-0.25, -0.2) is 4.98 Å². The number of hydrogen-bond acceptors (Lipinski definition) is 4. The SMILES string of the molecule is Cc1cc(CCl)nc(OC2CC(C)OC(C)C2)n1. The van der Waals surface area contributed by atoms with E-state index in [1.807, 2.05) is 13.0 Å². The standard InChI is InChI=1S/C13H19ClN2O2/c1-8-4-11(7-14)16-13(15-8)18-12-5-9(2)17-10(3)6-12/h4,9-10,12H,5-7H2,1-3H3. The average molecular weight is 271 g/mol. The Bertz CT molecular complexity index is 404. The molecule has 2 atom stereocenters. The van der Waals surface area contributed by atoms with Gasteiger partial charge < -0.3 is 9.47 Å². The van der Waals surface area contributed by atoms with E-state index in [4.69, 9.17) is 21.1 Å². The molecule has 5 heteroatoms. The van der Waals surface area contributed by atoms with E-state index in [1.54, 1.807) is 0 Å². The summed E-state index contributed by atoms with van der Waals surface area (Å²) in [5.74, 6) is 0.375. The summed E-state index contributed by atoms with van der Waals surface area (Å²) in [7, 11) is 0. The minimum atomic E-state index is 0.119. The van der Waals surface area contributed by atoms with Crippen LogP contribution in [0.1, 0.15) is 38.1 Å². The number of rotatable bonds is 3. The molecule has 1 aromatic rings. The largest absolute Gasteiger partial charge is 0.460 e. The maximum Gasteiger partial charge on any atom is 0.317 e. The monoisotopic (exact) mass is 270 g/mol. The minimum Gasteiger partial charge on any atom is -0.460 e. The van der Waals surface area contributed by atoms with Gasteiger partial charge >= 0.3 is 6.01 Å². The van der Waals surface area contributed by atoms with Gasteiger partial charge in [0.25, 0.3) is 0 Å². The zero-order valence-electron chi connectivity index (χ0n) is 11.0. The van der Waals surface area contributed by atoms with Crippen molar-refractivity contribution in [3.8, 4) is 6.01 Å². The fourth-order valence-corrected chi connectivity index (χ4v) is 2.45. The van der Waals surface area contributed by atoms with Crippen molar-refractivity contribution in [1.82, 2.24) is 9.97 Å². The van der Waals surface area contributed by atoms with E-state index < -0.39 is 0 Å². The van der Waals surface area contributed by atoms with Crippen LogP contribution in [0.15, 0.2) is 6.07 Å². The lowest BCUT2D eigenvalue weighted by Gasteiger charge is -2.31. The van der Waals surface area contributed by atoms with E-state index >= 15 is 0 Å². The number of nitrogens with zero attached hydrogens (tertiary/aromatic N) is 2. The highest BCUT2D eigenvalue weighted by Crippen LogP contribution is 2.23. The molecule has 2 heterocycles. The Morgan fingerprint density at radius 1 is 1.33 bits per heavy atom. The third-order valence-electron chi connectivity index (χ3n) is 2.95. The molecule has 0 N–H and O–H groups in total. The molecule has 18 heavy (non-hydrogen) atoms. The lowest BCUT2D eigenvalue weighted by Crippen LogP contribution is -2.36. The summed E-state index contributed by atoms with van der Waals surface area (Å²) in [6, 6.07) is 2.30. The van der Waals surface area contributed by atoms with Crippen molar-refractivity contribution < 1.29 is 9.47 Å². The quantitative estimate of drug-likeness (QED) is 0.792. The van der Waals surface area contributed by atoms with Crippen LogP contribution in [-0.4, -0.2) is 28.3 Å². The van der Waals surface area contributed by atoms with E-state index in [-0.39, 0.29) is 18.3 Å². The number of halogens is 1. The molecule has 2 unspecified atom stereocenters. The van der Waals surface area contributed by atoms with Gasteiger partial charge in [-0.3, -0.25) is 0 Å². The molecular formula is C13H19ClN2O2. The lowest BCUT2D eigenvalue weighted by atomic mass is 10.0. The molecule has 100 valence electrons. The maximum absolute atomic E-state index is 5.86. The van der Waals surface area contributed by atoms with Crippen LogP contribution in [0.4, 0.5) is 0 Å². The van der Waals surface area contributed by atoms with Crippen LogP contribution < -0.4 is 4.74 Å². The summed E-state index contributed by atoms with van der Waals surface area (Å²) in [6.45, 7) is 6.04. The zero-order chi connectivity index (χ0) is 13.1. The molecule has 0 radical (unpaired) electrons. The second-order valence-corrected chi connectivity index (χ2v) is 5.15. The van der Waals surface area contributed by atoms with E-state index in [0.717, 1.165) is 24.2 Å². The summed E-state index contributed by atoms with van der Waals surface area (Å²) < 4.78 is 11.5. The molecule has 1 aromatic heterocycles. The first-order valence-electron chi connectivity index (χ1n) is 6.29. The number of hydrogen-bond donors (Lipinski definition) is 0. The number of ether oxygens (including phenoxy) is 2. The molecule has 0 aliphatic carbocycles. The van der Waals surface area contributed by atoms with Gasteiger partial charge in [0.05, 0.1) is 23.8 Å². The van der Waals surface area contributed by atoms with Crippen LogP contribution >= 0.6 is 11.6 Å². The van der Waals surface area contributed by atoms with Crippen molar-refractivity contribution in [3.63, 3.8) is 0 Å². The first kappa shape index (κ1) is 13.6. The lowest BCUT2D eigenvalue weighted by molar-refractivity contribution is -0.0739. The van der Waals surface area contributed by atoms with Gasteiger partial charge in [0, 0.05) is 18.5 Å². The van der Waals surface area contributed by atoms with Gasteiger partial charge in [0.15, 0.2) is 0 Å². The molecule has 1 saturated heterocycles. The van der Waals surface area contributed by atoms with Crippen LogP contribution in [0.3, 0.4) is 0 Å². The van der Waals surface area contributed by atoms with Gasteiger partial charge in [0.1, 0.15) is 6.10 Å². The zero-order valence-corrected chi connectivity index (χ0v) is 11.8. The molecule has 2 rings (SSSR count). The summed E-state index contributed by atoms with van der Waals surface area (Å²) in [5.41, 5.74) is 1.68. The second kappa shape index (κ2) is 5.85. The van der Waals surface area contributed by atoms with Crippen molar-refractivity contribution in [2.75, 3.05) is 0 Å². The summed E-state index contributed by atoms with van der Waals surface area (Å²) in [5, 5.41) is 0. The van der Waals surface area contributed by atoms with E-state index in [2.05, 4.69) is 23.8 Å². The molecular weight excluding hydrogens is 252 g/mol.